The Kier molecular flexibility index (Phi) is 6.85. The van der Waals surface area contributed by atoms with E-state index < -0.39 is 6.10 Å². The second-order valence-electron chi connectivity index (χ2n) is 4.90. The van der Waals surface area contributed by atoms with Crippen molar-refractivity contribution >= 4 is 18.1 Å². The van der Waals surface area contributed by atoms with Crippen LogP contribution in [-0.2, 0) is 4.79 Å². The lowest BCUT2D eigenvalue weighted by Gasteiger charge is -2.20. The highest BCUT2D eigenvalue weighted by atomic mass is 16.5. The molecule has 0 bridgehead atoms. The minimum absolute atomic E-state index is 0.123. The van der Waals surface area contributed by atoms with Crippen molar-refractivity contribution in [2.24, 2.45) is 21.7 Å². The van der Waals surface area contributed by atoms with Crippen LogP contribution in [0.5, 0.6) is 11.5 Å². The van der Waals surface area contributed by atoms with Gasteiger partial charge in [0.05, 0.1) is 12.8 Å². The summed E-state index contributed by atoms with van der Waals surface area (Å²) in [6.45, 7) is 4.01. The monoisotopic (exact) mass is 321 g/mol. The highest BCUT2D eigenvalue weighted by Crippen LogP contribution is 2.29. The second kappa shape index (κ2) is 8.62. The van der Waals surface area contributed by atoms with Gasteiger partial charge in [-0.2, -0.15) is 5.10 Å². The first kappa shape index (κ1) is 18.3. The summed E-state index contributed by atoms with van der Waals surface area (Å²) in [6, 6.07) is 5.20. The normalized spacial score (nSPS) is 11.8. The van der Waals surface area contributed by atoms with Gasteiger partial charge in [0, 0.05) is 14.1 Å². The molecule has 8 nitrogen and oxygen atoms in total. The molecule has 0 saturated heterocycles. The number of ether oxygens (including phenoxy) is 2. The summed E-state index contributed by atoms with van der Waals surface area (Å²) in [5, 5.41) is 7.27. The smallest absolute Gasteiger partial charge is 0.262 e. The van der Waals surface area contributed by atoms with Gasteiger partial charge in [0.25, 0.3) is 5.91 Å². The largest absolute Gasteiger partial charge is 0.490 e. The summed E-state index contributed by atoms with van der Waals surface area (Å²) in [5.74, 6) is 0.737. The zero-order valence-electron chi connectivity index (χ0n) is 13.8. The van der Waals surface area contributed by atoms with Gasteiger partial charge in [-0.05, 0) is 37.6 Å². The van der Waals surface area contributed by atoms with Crippen LogP contribution in [0.2, 0.25) is 0 Å². The topological polar surface area (TPSA) is 116 Å². The van der Waals surface area contributed by atoms with Crippen LogP contribution in [0.1, 0.15) is 19.4 Å². The van der Waals surface area contributed by atoms with E-state index in [0.29, 0.717) is 18.1 Å². The zero-order valence-corrected chi connectivity index (χ0v) is 13.8. The first-order valence-electron chi connectivity index (χ1n) is 7.11. The molecule has 0 fully saturated rings. The number of carbonyl (C=O) groups excluding carboxylic acids is 1. The number of hydrogen-bond donors (Lipinski definition) is 2. The molecule has 0 radical (unpaired) electrons. The van der Waals surface area contributed by atoms with Crippen LogP contribution in [0.4, 0.5) is 0 Å². The van der Waals surface area contributed by atoms with Gasteiger partial charge in [0.1, 0.15) is 0 Å². The Morgan fingerprint density at radius 3 is 2.61 bits per heavy atom. The molecule has 0 heterocycles. The molecular weight excluding hydrogens is 298 g/mol. The Morgan fingerprint density at radius 1 is 1.35 bits per heavy atom. The lowest BCUT2D eigenvalue weighted by molar-refractivity contribution is -0.135. The molecule has 1 aromatic rings. The lowest BCUT2D eigenvalue weighted by atomic mass is 10.2. The van der Waals surface area contributed by atoms with Crippen molar-refractivity contribution < 1.29 is 14.3 Å². The molecule has 0 aliphatic carbocycles. The molecule has 0 saturated carbocycles. The number of amides is 1. The van der Waals surface area contributed by atoms with E-state index in [0.717, 1.165) is 5.56 Å². The first-order valence-corrected chi connectivity index (χ1v) is 7.11. The van der Waals surface area contributed by atoms with Crippen molar-refractivity contribution in [3.05, 3.63) is 23.8 Å². The van der Waals surface area contributed by atoms with Crippen molar-refractivity contribution in [3.63, 3.8) is 0 Å². The number of nitrogens with two attached hydrogens (primary N) is 2. The molecule has 1 rings (SSSR count). The molecule has 0 aliphatic heterocycles. The van der Waals surface area contributed by atoms with E-state index in [1.54, 1.807) is 39.2 Å². The lowest BCUT2D eigenvalue weighted by Crippen LogP contribution is -2.35. The van der Waals surface area contributed by atoms with Crippen LogP contribution >= 0.6 is 0 Å². The summed E-state index contributed by atoms with van der Waals surface area (Å²) in [4.78, 5) is 13.4. The molecule has 0 aromatic heterocycles. The molecular formula is C15H23N5O3. The Bertz CT molecular complexity index is 595. The fourth-order valence-electron chi connectivity index (χ4n) is 1.74. The Labute approximate surface area is 135 Å². The maximum atomic E-state index is 11.9. The van der Waals surface area contributed by atoms with E-state index in [2.05, 4.69) is 10.2 Å². The molecule has 126 valence electrons. The van der Waals surface area contributed by atoms with Crippen molar-refractivity contribution in [1.82, 2.24) is 4.90 Å². The average molecular weight is 321 g/mol. The molecule has 0 aliphatic rings. The molecule has 23 heavy (non-hydrogen) atoms. The van der Waals surface area contributed by atoms with Crippen molar-refractivity contribution in [1.29, 1.82) is 0 Å². The third-order valence-electron chi connectivity index (χ3n) is 2.74. The Balaban J connectivity index is 2.98. The number of likely N-dealkylation sites (N-methyl/N-ethyl adjacent to an activating group) is 1. The van der Waals surface area contributed by atoms with Gasteiger partial charge in [-0.15, -0.1) is 5.10 Å². The number of nitrogens with zero attached hydrogens (tertiary/aromatic N) is 3. The summed E-state index contributed by atoms with van der Waals surface area (Å²) in [5.41, 5.74) is 11.1. The molecule has 0 spiro atoms. The van der Waals surface area contributed by atoms with Gasteiger partial charge >= 0.3 is 0 Å². The van der Waals surface area contributed by atoms with Crippen LogP contribution in [0.3, 0.4) is 0 Å². The van der Waals surface area contributed by atoms with Crippen molar-refractivity contribution in [2.45, 2.75) is 20.0 Å². The Hall–Kier alpha value is -2.77. The van der Waals surface area contributed by atoms with Crippen LogP contribution < -0.4 is 20.9 Å². The average Bonchev–Trinajstić information content (AvgIpc) is 2.48. The van der Waals surface area contributed by atoms with Crippen LogP contribution in [0, 0.1) is 0 Å². The van der Waals surface area contributed by atoms with E-state index in [-0.39, 0.29) is 11.9 Å². The second-order valence-corrected chi connectivity index (χ2v) is 4.90. The fourth-order valence-corrected chi connectivity index (χ4v) is 1.74. The predicted octanol–water partition coefficient (Wildman–Crippen LogP) is 0.548. The molecule has 0 unspecified atom stereocenters. The van der Waals surface area contributed by atoms with E-state index in [1.165, 1.54) is 11.1 Å². The summed E-state index contributed by atoms with van der Waals surface area (Å²) in [6.07, 6.45) is 0.866. The van der Waals surface area contributed by atoms with Gasteiger partial charge in [-0.3, -0.25) is 4.79 Å². The van der Waals surface area contributed by atoms with Crippen LogP contribution in [0.25, 0.3) is 0 Å². The summed E-state index contributed by atoms with van der Waals surface area (Å²) >= 11 is 0. The van der Waals surface area contributed by atoms with E-state index in [1.807, 2.05) is 6.92 Å². The number of guanidine groups is 1. The predicted molar refractivity (Wildman–Crippen MR) is 89.8 cm³/mol. The maximum Gasteiger partial charge on any atom is 0.262 e. The molecule has 1 amide bonds. The molecule has 4 N–H and O–H groups in total. The first-order chi connectivity index (χ1) is 10.8. The van der Waals surface area contributed by atoms with E-state index in [4.69, 9.17) is 20.9 Å². The zero-order chi connectivity index (χ0) is 17.4. The minimum atomic E-state index is -0.620. The number of carbonyl (C=O) groups is 1. The Morgan fingerprint density at radius 2 is 2.04 bits per heavy atom. The molecule has 8 heteroatoms. The summed E-state index contributed by atoms with van der Waals surface area (Å²) in [7, 11) is 3.35. The minimum Gasteiger partial charge on any atom is -0.490 e. The SMILES string of the molecule is CCOc1cc(/C=N\N=C(N)N)ccc1O[C@H](C)C(=O)N(C)C. The van der Waals surface area contributed by atoms with Gasteiger partial charge in [-0.1, -0.05) is 0 Å². The van der Waals surface area contributed by atoms with Gasteiger partial charge < -0.3 is 25.8 Å². The maximum absolute atomic E-state index is 11.9. The van der Waals surface area contributed by atoms with E-state index in [9.17, 15) is 4.79 Å². The van der Waals surface area contributed by atoms with Gasteiger partial charge in [0.15, 0.2) is 17.6 Å². The standard InChI is InChI=1S/C15H23N5O3/c1-5-22-13-8-11(9-18-19-15(16)17)6-7-12(13)23-10(2)14(21)20(3)4/h6-10H,5H2,1-4H3,(H4,16,17,19)/b18-9-/t10-/m1/s1. The fraction of sp³-hybridized carbons (Fsp3) is 0.400. The number of rotatable bonds is 7. The quantitative estimate of drug-likeness (QED) is 0.432. The van der Waals surface area contributed by atoms with Crippen LogP contribution in [0.15, 0.2) is 28.4 Å². The summed E-state index contributed by atoms with van der Waals surface area (Å²) < 4.78 is 11.2. The van der Waals surface area contributed by atoms with Gasteiger partial charge in [-0.25, -0.2) is 0 Å². The highest BCUT2D eigenvalue weighted by Gasteiger charge is 2.18. The van der Waals surface area contributed by atoms with Crippen molar-refractivity contribution in [3.8, 4) is 11.5 Å². The third-order valence-corrected chi connectivity index (χ3v) is 2.74. The highest BCUT2D eigenvalue weighted by molar-refractivity contribution is 5.83. The molecule has 1 atom stereocenters. The number of benzene rings is 1. The van der Waals surface area contributed by atoms with Gasteiger partial charge in [0.2, 0.25) is 5.96 Å². The molecule has 1 aromatic carbocycles. The van der Waals surface area contributed by atoms with E-state index >= 15 is 0 Å². The van der Waals surface area contributed by atoms with Crippen LogP contribution in [-0.4, -0.2) is 49.8 Å². The third kappa shape index (κ3) is 5.85. The van der Waals surface area contributed by atoms with Crippen molar-refractivity contribution in [2.75, 3.05) is 20.7 Å². The number of hydrogen-bond acceptors (Lipinski definition) is 5.